The molecule has 0 spiro atoms. The van der Waals surface area contributed by atoms with E-state index in [1.54, 1.807) is 6.92 Å². The van der Waals surface area contributed by atoms with Crippen LogP contribution in [0.1, 0.15) is 31.2 Å². The van der Waals surface area contributed by atoms with Crippen LogP contribution in [0.4, 0.5) is 0 Å². The fourth-order valence-electron chi connectivity index (χ4n) is 2.83. The molecule has 3 nitrogen and oxygen atoms in total. The molecule has 1 amide bonds. The van der Waals surface area contributed by atoms with Crippen LogP contribution in [0.15, 0.2) is 42.5 Å². The van der Waals surface area contributed by atoms with Crippen LogP contribution >= 0.6 is 0 Å². The molecule has 1 aliphatic carbocycles. The van der Waals surface area contributed by atoms with Gasteiger partial charge < -0.3 is 10.4 Å². The van der Waals surface area contributed by atoms with Gasteiger partial charge in [0.05, 0.1) is 6.10 Å². The number of nitrogens with one attached hydrogen (secondary N) is 1. The van der Waals surface area contributed by atoms with Crippen LogP contribution in [0.25, 0.3) is 10.8 Å². The average molecular weight is 283 g/mol. The Bertz CT molecular complexity index is 650. The molecule has 0 bridgehead atoms. The first-order valence-electron chi connectivity index (χ1n) is 7.59. The zero-order valence-corrected chi connectivity index (χ0v) is 12.3. The third kappa shape index (κ3) is 3.24. The van der Waals surface area contributed by atoms with Gasteiger partial charge in [-0.1, -0.05) is 42.5 Å². The molecule has 3 heteroatoms. The summed E-state index contributed by atoms with van der Waals surface area (Å²) in [4.78, 5) is 12.0. The number of hydrogen-bond acceptors (Lipinski definition) is 2. The van der Waals surface area contributed by atoms with Gasteiger partial charge in [0.1, 0.15) is 0 Å². The Morgan fingerprint density at radius 1 is 1.29 bits per heavy atom. The molecule has 21 heavy (non-hydrogen) atoms. The largest absolute Gasteiger partial charge is 0.393 e. The van der Waals surface area contributed by atoms with Crippen molar-refractivity contribution in [3.05, 3.63) is 48.0 Å². The highest BCUT2D eigenvalue weighted by Crippen LogP contribution is 2.48. The maximum atomic E-state index is 12.0. The van der Waals surface area contributed by atoms with Crippen molar-refractivity contribution in [2.45, 2.75) is 31.8 Å². The average Bonchev–Trinajstić information content (AvgIpc) is 3.27. The van der Waals surface area contributed by atoms with Crippen LogP contribution < -0.4 is 5.32 Å². The van der Waals surface area contributed by atoms with Gasteiger partial charge in [0.2, 0.25) is 5.91 Å². The topological polar surface area (TPSA) is 49.3 Å². The molecule has 3 unspecified atom stereocenters. The lowest BCUT2D eigenvalue weighted by molar-refractivity contribution is -0.122. The first kappa shape index (κ1) is 14.1. The zero-order valence-electron chi connectivity index (χ0n) is 12.3. The molecule has 3 rings (SSSR count). The number of amides is 1. The summed E-state index contributed by atoms with van der Waals surface area (Å²) >= 11 is 0. The molecule has 0 radical (unpaired) electrons. The Morgan fingerprint density at radius 3 is 2.81 bits per heavy atom. The molecule has 1 fully saturated rings. The number of carbonyl (C=O) groups excluding carboxylic acids is 1. The van der Waals surface area contributed by atoms with Gasteiger partial charge in [0, 0.05) is 12.5 Å². The highest BCUT2D eigenvalue weighted by atomic mass is 16.3. The molecule has 0 saturated heterocycles. The summed E-state index contributed by atoms with van der Waals surface area (Å²) < 4.78 is 0. The first-order chi connectivity index (χ1) is 10.1. The van der Waals surface area contributed by atoms with Crippen LogP contribution in [-0.2, 0) is 4.79 Å². The number of rotatable bonds is 5. The Hall–Kier alpha value is -1.87. The number of aliphatic hydroxyl groups excluding tert-OH is 1. The number of hydrogen-bond donors (Lipinski definition) is 2. The molecule has 110 valence electrons. The van der Waals surface area contributed by atoms with Gasteiger partial charge in [-0.3, -0.25) is 4.79 Å². The van der Waals surface area contributed by atoms with Crippen LogP contribution in [-0.4, -0.2) is 23.7 Å². The van der Waals surface area contributed by atoms with E-state index < -0.39 is 0 Å². The molecule has 1 saturated carbocycles. The fourth-order valence-corrected chi connectivity index (χ4v) is 2.83. The Labute approximate surface area is 125 Å². The summed E-state index contributed by atoms with van der Waals surface area (Å²) in [5, 5.41) is 14.6. The molecule has 2 N–H and O–H groups in total. The lowest BCUT2D eigenvalue weighted by Gasteiger charge is -2.07. The van der Waals surface area contributed by atoms with Crippen molar-refractivity contribution in [2.75, 3.05) is 6.54 Å². The summed E-state index contributed by atoms with van der Waals surface area (Å²) in [5.74, 6) is 0.565. The Morgan fingerprint density at radius 2 is 2.05 bits per heavy atom. The summed E-state index contributed by atoms with van der Waals surface area (Å²) in [6.45, 7) is 2.29. The van der Waals surface area contributed by atoms with E-state index >= 15 is 0 Å². The summed E-state index contributed by atoms with van der Waals surface area (Å²) in [6, 6.07) is 14.8. The van der Waals surface area contributed by atoms with Gasteiger partial charge in [-0.2, -0.15) is 0 Å². The third-order valence-electron chi connectivity index (χ3n) is 4.19. The molecule has 2 aromatic carbocycles. The number of fused-ring (bicyclic) bond motifs is 1. The van der Waals surface area contributed by atoms with Crippen molar-refractivity contribution in [1.82, 2.24) is 5.32 Å². The molecular weight excluding hydrogens is 262 g/mol. The van der Waals surface area contributed by atoms with E-state index in [-0.39, 0.29) is 17.9 Å². The second kappa shape index (κ2) is 5.86. The highest BCUT2D eigenvalue weighted by Gasteiger charge is 2.43. The SMILES string of the molecule is CC(O)CCNC(=O)C1CC1c1ccc2ccccc2c1. The van der Waals surface area contributed by atoms with Gasteiger partial charge in [0.15, 0.2) is 0 Å². The predicted molar refractivity (Wildman–Crippen MR) is 84.1 cm³/mol. The Balaban J connectivity index is 1.62. The zero-order chi connectivity index (χ0) is 14.8. The van der Waals surface area contributed by atoms with E-state index in [0.29, 0.717) is 18.9 Å². The standard InChI is InChI=1S/C18H21NO2/c1-12(20)8-9-19-18(21)17-11-16(17)15-7-6-13-4-2-3-5-14(13)10-15/h2-7,10,12,16-17,20H,8-9,11H2,1H3,(H,19,21). The number of carbonyl (C=O) groups is 1. The van der Waals surface area contributed by atoms with Crippen LogP contribution in [0.2, 0.25) is 0 Å². The van der Waals surface area contributed by atoms with E-state index in [9.17, 15) is 9.90 Å². The van der Waals surface area contributed by atoms with Gasteiger partial charge in [0.25, 0.3) is 0 Å². The van der Waals surface area contributed by atoms with E-state index in [2.05, 4.69) is 35.6 Å². The van der Waals surface area contributed by atoms with Crippen molar-refractivity contribution in [2.24, 2.45) is 5.92 Å². The highest BCUT2D eigenvalue weighted by molar-refractivity contribution is 5.85. The minimum Gasteiger partial charge on any atom is -0.393 e. The van der Waals surface area contributed by atoms with Crippen LogP contribution in [0, 0.1) is 5.92 Å². The van der Waals surface area contributed by atoms with Gasteiger partial charge >= 0.3 is 0 Å². The van der Waals surface area contributed by atoms with E-state index in [1.807, 2.05) is 12.1 Å². The summed E-state index contributed by atoms with van der Waals surface area (Å²) in [5.41, 5.74) is 1.25. The van der Waals surface area contributed by atoms with Crippen LogP contribution in [0.3, 0.4) is 0 Å². The smallest absolute Gasteiger partial charge is 0.223 e. The maximum absolute atomic E-state index is 12.0. The molecular formula is C18H21NO2. The quantitative estimate of drug-likeness (QED) is 0.886. The predicted octanol–water partition coefficient (Wildman–Crippen LogP) is 2.83. The third-order valence-corrected chi connectivity index (χ3v) is 4.19. The molecule has 1 aliphatic rings. The summed E-state index contributed by atoms with van der Waals surface area (Å²) in [6.07, 6.45) is 1.18. The van der Waals surface area contributed by atoms with Crippen molar-refractivity contribution in [1.29, 1.82) is 0 Å². The van der Waals surface area contributed by atoms with E-state index in [1.165, 1.54) is 16.3 Å². The minimum atomic E-state index is -0.360. The molecule has 2 aromatic rings. The van der Waals surface area contributed by atoms with Crippen molar-refractivity contribution < 1.29 is 9.90 Å². The van der Waals surface area contributed by atoms with Crippen molar-refractivity contribution in [3.8, 4) is 0 Å². The van der Waals surface area contributed by atoms with E-state index in [0.717, 1.165) is 6.42 Å². The van der Waals surface area contributed by atoms with Crippen molar-refractivity contribution in [3.63, 3.8) is 0 Å². The first-order valence-corrected chi connectivity index (χ1v) is 7.59. The normalized spacial score (nSPS) is 22.0. The van der Waals surface area contributed by atoms with Gasteiger partial charge in [-0.25, -0.2) is 0 Å². The Kier molecular flexibility index (Phi) is 3.93. The lowest BCUT2D eigenvalue weighted by Crippen LogP contribution is -2.28. The second-order valence-electron chi connectivity index (χ2n) is 5.98. The minimum absolute atomic E-state index is 0.0974. The number of benzene rings is 2. The fraction of sp³-hybridized carbons (Fsp3) is 0.389. The maximum Gasteiger partial charge on any atom is 0.223 e. The van der Waals surface area contributed by atoms with E-state index in [4.69, 9.17) is 0 Å². The van der Waals surface area contributed by atoms with Gasteiger partial charge in [-0.05, 0) is 42.0 Å². The molecule has 0 aliphatic heterocycles. The van der Waals surface area contributed by atoms with Gasteiger partial charge in [-0.15, -0.1) is 0 Å². The molecule has 0 aromatic heterocycles. The monoisotopic (exact) mass is 283 g/mol. The second-order valence-corrected chi connectivity index (χ2v) is 5.98. The summed E-state index contributed by atoms with van der Waals surface area (Å²) in [7, 11) is 0. The number of aliphatic hydroxyl groups is 1. The molecule has 3 atom stereocenters. The van der Waals surface area contributed by atoms with Crippen molar-refractivity contribution >= 4 is 16.7 Å². The lowest BCUT2D eigenvalue weighted by atomic mass is 10.0. The molecule has 0 heterocycles. The van der Waals surface area contributed by atoms with Crippen LogP contribution in [0.5, 0.6) is 0 Å².